The van der Waals surface area contributed by atoms with Crippen LogP contribution in [0.15, 0.2) is 35.1 Å². The summed E-state index contributed by atoms with van der Waals surface area (Å²) >= 11 is 6.25. The number of halogens is 1. The molecule has 6 heteroatoms. The summed E-state index contributed by atoms with van der Waals surface area (Å²) in [5, 5.41) is 4.67. The molecular weight excluding hydrogens is 316 g/mol. The molecule has 23 heavy (non-hydrogen) atoms. The number of nitrogens with zero attached hydrogens (tertiary/aromatic N) is 2. The van der Waals surface area contributed by atoms with Gasteiger partial charge in [-0.3, -0.25) is 4.79 Å². The van der Waals surface area contributed by atoms with Gasteiger partial charge in [0.05, 0.1) is 18.8 Å². The van der Waals surface area contributed by atoms with E-state index in [1.165, 1.54) is 6.26 Å². The van der Waals surface area contributed by atoms with E-state index in [-0.39, 0.29) is 12.0 Å². The third-order valence-corrected chi connectivity index (χ3v) is 4.74. The van der Waals surface area contributed by atoms with Crippen LogP contribution in [0.4, 0.5) is 0 Å². The molecule has 1 aromatic carbocycles. The zero-order valence-electron chi connectivity index (χ0n) is 12.6. The quantitative estimate of drug-likeness (QED) is 0.864. The average Bonchev–Trinajstić information content (AvgIpc) is 3.31. The molecule has 4 rings (SSSR count). The molecule has 0 bridgehead atoms. The minimum atomic E-state index is -0.203. The van der Waals surface area contributed by atoms with Crippen molar-refractivity contribution < 1.29 is 14.1 Å². The highest BCUT2D eigenvalue weighted by molar-refractivity contribution is 6.31. The maximum Gasteiger partial charge on any atom is 0.259 e. The molecule has 1 aliphatic heterocycles. The Morgan fingerprint density at radius 1 is 1.30 bits per heavy atom. The van der Waals surface area contributed by atoms with Crippen LogP contribution in [0.5, 0.6) is 0 Å². The first-order valence-electron chi connectivity index (χ1n) is 7.83. The number of carbonyl (C=O) groups is 1. The van der Waals surface area contributed by atoms with Crippen LogP contribution in [0.2, 0.25) is 5.02 Å². The van der Waals surface area contributed by atoms with E-state index in [0.29, 0.717) is 36.2 Å². The fraction of sp³-hybridized carbons (Fsp3) is 0.412. The Labute approximate surface area is 139 Å². The van der Waals surface area contributed by atoms with Crippen molar-refractivity contribution >= 4 is 17.5 Å². The summed E-state index contributed by atoms with van der Waals surface area (Å²) in [6.45, 7) is 1.54. The van der Waals surface area contributed by atoms with Gasteiger partial charge in [0, 0.05) is 23.0 Å². The number of amides is 1. The summed E-state index contributed by atoms with van der Waals surface area (Å²) < 4.78 is 10.9. The lowest BCUT2D eigenvalue weighted by Crippen LogP contribution is -2.42. The molecule has 2 aromatic rings. The second-order valence-corrected chi connectivity index (χ2v) is 6.43. The Balaban J connectivity index is 1.54. The molecule has 2 aliphatic rings. The largest absolute Gasteiger partial charge is 0.370 e. The topological polar surface area (TPSA) is 55.6 Å². The number of carbonyl (C=O) groups excluding carboxylic acids is 1. The van der Waals surface area contributed by atoms with Crippen LogP contribution >= 0.6 is 11.6 Å². The van der Waals surface area contributed by atoms with Crippen LogP contribution in [0.25, 0.3) is 0 Å². The molecule has 0 radical (unpaired) electrons. The molecule has 0 N–H and O–H groups in total. The van der Waals surface area contributed by atoms with Crippen molar-refractivity contribution in [2.75, 3.05) is 19.7 Å². The number of aromatic nitrogens is 1. The van der Waals surface area contributed by atoms with Crippen molar-refractivity contribution in [2.45, 2.75) is 24.9 Å². The van der Waals surface area contributed by atoms with Gasteiger partial charge in [0.2, 0.25) is 0 Å². The Morgan fingerprint density at radius 3 is 2.91 bits per heavy atom. The van der Waals surface area contributed by atoms with E-state index in [9.17, 15) is 4.79 Å². The fourth-order valence-corrected chi connectivity index (χ4v) is 3.24. The average molecular weight is 333 g/mol. The Morgan fingerprint density at radius 2 is 2.13 bits per heavy atom. The van der Waals surface area contributed by atoms with Gasteiger partial charge in [0.15, 0.2) is 0 Å². The van der Waals surface area contributed by atoms with Gasteiger partial charge < -0.3 is 14.2 Å². The number of rotatable bonds is 3. The highest BCUT2D eigenvalue weighted by Crippen LogP contribution is 2.41. The molecule has 0 spiro atoms. The van der Waals surface area contributed by atoms with E-state index < -0.39 is 0 Å². The van der Waals surface area contributed by atoms with Crippen LogP contribution in [-0.4, -0.2) is 35.7 Å². The first-order chi connectivity index (χ1) is 11.2. The van der Waals surface area contributed by atoms with Gasteiger partial charge in [-0.05, 0) is 18.9 Å². The molecular formula is C17H17ClN2O3. The van der Waals surface area contributed by atoms with Crippen molar-refractivity contribution in [2.24, 2.45) is 0 Å². The third kappa shape index (κ3) is 2.86. The Hall–Kier alpha value is -1.85. The maximum absolute atomic E-state index is 12.8. The summed E-state index contributed by atoms with van der Waals surface area (Å²) in [4.78, 5) is 14.6. The first-order valence-corrected chi connectivity index (χ1v) is 8.21. The van der Waals surface area contributed by atoms with E-state index in [1.54, 1.807) is 4.90 Å². The lowest BCUT2D eigenvalue weighted by molar-refractivity contribution is -0.0228. The molecule has 1 amide bonds. The maximum atomic E-state index is 12.8. The zero-order chi connectivity index (χ0) is 15.8. The van der Waals surface area contributed by atoms with Gasteiger partial charge in [-0.15, -0.1) is 0 Å². The summed E-state index contributed by atoms with van der Waals surface area (Å²) in [6, 6.07) is 7.59. The molecule has 1 atom stereocenters. The molecule has 2 fully saturated rings. The second-order valence-electron chi connectivity index (χ2n) is 6.02. The van der Waals surface area contributed by atoms with Crippen LogP contribution in [-0.2, 0) is 4.74 Å². The minimum absolute atomic E-state index is 0.0338. The molecule has 1 unspecified atom stereocenters. The number of benzene rings is 1. The molecule has 5 nitrogen and oxygen atoms in total. The van der Waals surface area contributed by atoms with Crippen LogP contribution in [0, 0.1) is 0 Å². The molecule has 1 saturated heterocycles. The highest BCUT2D eigenvalue weighted by Gasteiger charge is 2.35. The van der Waals surface area contributed by atoms with Crippen molar-refractivity contribution in [1.29, 1.82) is 0 Å². The van der Waals surface area contributed by atoms with Gasteiger partial charge >= 0.3 is 0 Å². The summed E-state index contributed by atoms with van der Waals surface area (Å²) in [7, 11) is 0. The van der Waals surface area contributed by atoms with Crippen molar-refractivity contribution in [3.05, 3.63) is 52.4 Å². The molecule has 2 heterocycles. The normalized spacial score (nSPS) is 21.4. The SMILES string of the molecule is O=C(c1conc1C1CC1)N1CCOC(c2ccccc2Cl)C1. The van der Waals surface area contributed by atoms with Crippen LogP contribution in [0.1, 0.15) is 46.5 Å². The van der Waals surface area contributed by atoms with Gasteiger partial charge in [0.1, 0.15) is 17.9 Å². The number of ether oxygens (including phenoxy) is 1. The van der Waals surface area contributed by atoms with Gasteiger partial charge in [0.25, 0.3) is 5.91 Å². The first kappa shape index (κ1) is 14.7. The standard InChI is InChI=1S/C17H17ClN2O3/c18-14-4-2-1-3-12(14)15-9-20(7-8-22-15)17(21)13-10-23-19-16(13)11-5-6-11/h1-4,10-11,15H,5-9H2. The smallest absolute Gasteiger partial charge is 0.259 e. The van der Waals surface area contributed by atoms with E-state index in [2.05, 4.69) is 5.16 Å². The van der Waals surface area contributed by atoms with E-state index in [1.807, 2.05) is 24.3 Å². The summed E-state index contributed by atoms with van der Waals surface area (Å²) in [6.07, 6.45) is 3.43. The minimum Gasteiger partial charge on any atom is -0.370 e. The predicted molar refractivity (Wildman–Crippen MR) is 84.5 cm³/mol. The van der Waals surface area contributed by atoms with E-state index in [0.717, 1.165) is 24.1 Å². The van der Waals surface area contributed by atoms with Crippen molar-refractivity contribution in [3.63, 3.8) is 0 Å². The molecule has 1 aromatic heterocycles. The molecule has 1 saturated carbocycles. The zero-order valence-corrected chi connectivity index (χ0v) is 13.3. The van der Waals surface area contributed by atoms with Crippen LogP contribution < -0.4 is 0 Å². The van der Waals surface area contributed by atoms with Crippen molar-refractivity contribution in [1.82, 2.24) is 10.1 Å². The third-order valence-electron chi connectivity index (χ3n) is 4.40. The highest BCUT2D eigenvalue weighted by atomic mass is 35.5. The Kier molecular flexibility index (Phi) is 3.83. The van der Waals surface area contributed by atoms with Gasteiger partial charge in [-0.2, -0.15) is 0 Å². The number of morpholine rings is 1. The number of hydrogen-bond donors (Lipinski definition) is 0. The summed E-state index contributed by atoms with van der Waals surface area (Å²) in [5.74, 6) is 0.349. The monoisotopic (exact) mass is 332 g/mol. The lowest BCUT2D eigenvalue weighted by Gasteiger charge is -2.33. The van der Waals surface area contributed by atoms with Gasteiger partial charge in [-0.25, -0.2) is 0 Å². The van der Waals surface area contributed by atoms with Crippen molar-refractivity contribution in [3.8, 4) is 0 Å². The fourth-order valence-electron chi connectivity index (χ4n) is 2.99. The van der Waals surface area contributed by atoms with E-state index >= 15 is 0 Å². The van der Waals surface area contributed by atoms with Gasteiger partial charge in [-0.1, -0.05) is 35.0 Å². The predicted octanol–water partition coefficient (Wildman–Crippen LogP) is 3.42. The Bertz CT molecular complexity index is 726. The van der Waals surface area contributed by atoms with Crippen LogP contribution in [0.3, 0.4) is 0 Å². The second kappa shape index (κ2) is 5.98. The molecule has 120 valence electrons. The molecule has 1 aliphatic carbocycles. The number of hydrogen-bond acceptors (Lipinski definition) is 4. The lowest BCUT2D eigenvalue weighted by atomic mass is 10.1. The van der Waals surface area contributed by atoms with E-state index in [4.69, 9.17) is 20.9 Å². The summed E-state index contributed by atoms with van der Waals surface area (Å²) in [5.41, 5.74) is 2.31.